The molecule has 0 fully saturated rings. The third-order valence-corrected chi connectivity index (χ3v) is 3.23. The van der Waals surface area contributed by atoms with Crippen molar-refractivity contribution in [1.82, 2.24) is 10.2 Å². The van der Waals surface area contributed by atoms with E-state index in [2.05, 4.69) is 48.2 Å². The number of rotatable bonds is 7. The van der Waals surface area contributed by atoms with Gasteiger partial charge in [-0.05, 0) is 37.0 Å². The lowest BCUT2D eigenvalue weighted by molar-refractivity contribution is 0.340. The fraction of sp³-hybridized carbons (Fsp3) is 0.588. The van der Waals surface area contributed by atoms with E-state index < -0.39 is 0 Å². The SMILES string of the molecule is CCOc1ccc(CN(C)C(=NC)NCCC(C)C)cc1. The molecule has 0 aliphatic heterocycles. The Morgan fingerprint density at radius 3 is 2.48 bits per heavy atom. The van der Waals surface area contributed by atoms with Gasteiger partial charge in [-0.3, -0.25) is 4.99 Å². The Bertz CT molecular complexity index is 426. The van der Waals surface area contributed by atoms with Crippen LogP contribution in [0, 0.1) is 5.92 Å². The van der Waals surface area contributed by atoms with E-state index in [1.165, 1.54) is 5.56 Å². The molecule has 21 heavy (non-hydrogen) atoms. The summed E-state index contributed by atoms with van der Waals surface area (Å²) in [6, 6.07) is 8.23. The van der Waals surface area contributed by atoms with Crippen LogP contribution in [-0.2, 0) is 6.54 Å². The summed E-state index contributed by atoms with van der Waals surface area (Å²) in [5, 5.41) is 3.40. The van der Waals surface area contributed by atoms with Crippen LogP contribution in [-0.4, -0.2) is 38.1 Å². The van der Waals surface area contributed by atoms with Crippen LogP contribution < -0.4 is 10.1 Å². The minimum Gasteiger partial charge on any atom is -0.494 e. The maximum absolute atomic E-state index is 5.46. The van der Waals surface area contributed by atoms with E-state index >= 15 is 0 Å². The smallest absolute Gasteiger partial charge is 0.193 e. The first-order valence-corrected chi connectivity index (χ1v) is 7.70. The van der Waals surface area contributed by atoms with Gasteiger partial charge in [-0.15, -0.1) is 0 Å². The van der Waals surface area contributed by atoms with Crippen LogP contribution >= 0.6 is 0 Å². The molecule has 0 aromatic heterocycles. The molecule has 0 radical (unpaired) electrons. The van der Waals surface area contributed by atoms with Crippen LogP contribution in [0.3, 0.4) is 0 Å². The van der Waals surface area contributed by atoms with E-state index in [0.29, 0.717) is 12.5 Å². The maximum Gasteiger partial charge on any atom is 0.193 e. The monoisotopic (exact) mass is 291 g/mol. The average Bonchev–Trinajstić information content (AvgIpc) is 2.45. The second-order valence-electron chi connectivity index (χ2n) is 5.59. The summed E-state index contributed by atoms with van der Waals surface area (Å²) < 4.78 is 5.46. The van der Waals surface area contributed by atoms with Crippen LogP contribution in [0.1, 0.15) is 32.8 Å². The number of guanidine groups is 1. The van der Waals surface area contributed by atoms with Crippen molar-refractivity contribution in [1.29, 1.82) is 0 Å². The molecule has 0 amide bonds. The number of aliphatic imine (C=N–C) groups is 1. The zero-order valence-corrected chi connectivity index (χ0v) is 14.0. The molecule has 4 nitrogen and oxygen atoms in total. The Morgan fingerprint density at radius 1 is 1.29 bits per heavy atom. The van der Waals surface area contributed by atoms with Crippen LogP contribution in [0.5, 0.6) is 5.75 Å². The van der Waals surface area contributed by atoms with Crippen molar-refractivity contribution in [3.8, 4) is 5.75 Å². The molecule has 0 saturated heterocycles. The zero-order chi connectivity index (χ0) is 15.7. The Labute approximate surface area is 129 Å². The summed E-state index contributed by atoms with van der Waals surface area (Å²) in [5.41, 5.74) is 1.24. The molecule has 0 heterocycles. The van der Waals surface area contributed by atoms with Gasteiger partial charge >= 0.3 is 0 Å². The minimum absolute atomic E-state index is 0.700. The highest BCUT2D eigenvalue weighted by Crippen LogP contribution is 2.13. The largest absolute Gasteiger partial charge is 0.494 e. The van der Waals surface area contributed by atoms with E-state index in [9.17, 15) is 0 Å². The minimum atomic E-state index is 0.700. The molecule has 4 heteroatoms. The summed E-state index contributed by atoms with van der Waals surface area (Å²) >= 11 is 0. The normalized spacial score (nSPS) is 11.6. The van der Waals surface area contributed by atoms with Crippen LogP contribution in [0.15, 0.2) is 29.3 Å². The first kappa shape index (κ1) is 17.3. The third-order valence-electron chi connectivity index (χ3n) is 3.23. The third kappa shape index (κ3) is 6.52. The fourth-order valence-corrected chi connectivity index (χ4v) is 2.06. The molecule has 0 atom stereocenters. The van der Waals surface area contributed by atoms with Crippen molar-refractivity contribution < 1.29 is 4.74 Å². The van der Waals surface area contributed by atoms with Gasteiger partial charge in [-0.1, -0.05) is 26.0 Å². The van der Waals surface area contributed by atoms with E-state index in [4.69, 9.17) is 4.74 Å². The highest BCUT2D eigenvalue weighted by Gasteiger charge is 2.06. The van der Waals surface area contributed by atoms with Crippen molar-refractivity contribution in [2.24, 2.45) is 10.9 Å². The van der Waals surface area contributed by atoms with Gasteiger partial charge in [-0.25, -0.2) is 0 Å². The van der Waals surface area contributed by atoms with E-state index in [1.54, 1.807) is 0 Å². The highest BCUT2D eigenvalue weighted by molar-refractivity contribution is 5.79. The van der Waals surface area contributed by atoms with Gasteiger partial charge in [0.15, 0.2) is 5.96 Å². The molecule has 0 unspecified atom stereocenters. The molecule has 1 aromatic carbocycles. The first-order chi connectivity index (χ1) is 10.1. The van der Waals surface area contributed by atoms with Crippen LogP contribution in [0.4, 0.5) is 0 Å². The van der Waals surface area contributed by atoms with E-state index in [1.807, 2.05) is 26.1 Å². The lowest BCUT2D eigenvalue weighted by Crippen LogP contribution is -2.39. The van der Waals surface area contributed by atoms with Gasteiger partial charge in [0.1, 0.15) is 5.75 Å². The van der Waals surface area contributed by atoms with Gasteiger partial charge in [0, 0.05) is 27.2 Å². The average molecular weight is 291 g/mol. The molecule has 1 aromatic rings. The van der Waals surface area contributed by atoms with Crippen molar-refractivity contribution in [3.63, 3.8) is 0 Å². The van der Waals surface area contributed by atoms with Gasteiger partial charge in [0.2, 0.25) is 0 Å². The van der Waals surface area contributed by atoms with E-state index in [0.717, 1.165) is 31.2 Å². The Morgan fingerprint density at radius 2 is 1.95 bits per heavy atom. The molecule has 118 valence electrons. The van der Waals surface area contributed by atoms with Crippen LogP contribution in [0.2, 0.25) is 0 Å². The topological polar surface area (TPSA) is 36.9 Å². The van der Waals surface area contributed by atoms with Gasteiger partial charge in [-0.2, -0.15) is 0 Å². The summed E-state index contributed by atoms with van der Waals surface area (Å²) in [5.74, 6) is 2.56. The number of hydrogen-bond acceptors (Lipinski definition) is 2. The summed E-state index contributed by atoms with van der Waals surface area (Å²) in [7, 11) is 3.88. The predicted molar refractivity (Wildman–Crippen MR) is 89.9 cm³/mol. The lowest BCUT2D eigenvalue weighted by atomic mass is 10.1. The number of nitrogens with one attached hydrogen (secondary N) is 1. The van der Waals surface area contributed by atoms with E-state index in [-0.39, 0.29) is 0 Å². The Hall–Kier alpha value is -1.71. The van der Waals surface area contributed by atoms with Gasteiger partial charge in [0.05, 0.1) is 6.61 Å². The molecular formula is C17H29N3O. The predicted octanol–water partition coefficient (Wildman–Crippen LogP) is 3.14. The highest BCUT2D eigenvalue weighted by atomic mass is 16.5. The number of ether oxygens (including phenoxy) is 1. The molecule has 0 spiro atoms. The lowest BCUT2D eigenvalue weighted by Gasteiger charge is -2.22. The molecule has 0 aliphatic rings. The van der Waals surface area contributed by atoms with Crippen molar-refractivity contribution in [2.45, 2.75) is 33.7 Å². The summed E-state index contributed by atoms with van der Waals surface area (Å²) in [6.45, 7) is 8.94. The Balaban J connectivity index is 2.51. The second-order valence-corrected chi connectivity index (χ2v) is 5.59. The number of hydrogen-bond donors (Lipinski definition) is 1. The molecule has 0 aliphatic carbocycles. The number of nitrogens with zero attached hydrogens (tertiary/aromatic N) is 2. The quantitative estimate of drug-likeness (QED) is 0.619. The molecule has 1 rings (SSSR count). The molecule has 0 bridgehead atoms. The summed E-state index contributed by atoms with van der Waals surface area (Å²) in [6.07, 6.45) is 1.15. The van der Waals surface area contributed by atoms with Crippen molar-refractivity contribution >= 4 is 5.96 Å². The molecule has 0 saturated carbocycles. The molecular weight excluding hydrogens is 262 g/mol. The Kier molecular flexibility index (Phi) is 7.65. The first-order valence-electron chi connectivity index (χ1n) is 7.70. The second kappa shape index (κ2) is 9.27. The zero-order valence-electron chi connectivity index (χ0n) is 14.0. The van der Waals surface area contributed by atoms with Crippen molar-refractivity contribution in [3.05, 3.63) is 29.8 Å². The fourth-order valence-electron chi connectivity index (χ4n) is 2.06. The van der Waals surface area contributed by atoms with Crippen molar-refractivity contribution in [2.75, 3.05) is 27.2 Å². The van der Waals surface area contributed by atoms with Gasteiger partial charge in [0.25, 0.3) is 0 Å². The van der Waals surface area contributed by atoms with Gasteiger partial charge < -0.3 is 15.0 Å². The number of benzene rings is 1. The molecule has 1 N–H and O–H groups in total. The van der Waals surface area contributed by atoms with Crippen LogP contribution in [0.25, 0.3) is 0 Å². The standard InChI is InChI=1S/C17H29N3O/c1-6-21-16-9-7-15(8-10-16)13-20(5)17(18-4)19-12-11-14(2)3/h7-10,14H,6,11-13H2,1-5H3,(H,18,19). The summed E-state index contributed by atoms with van der Waals surface area (Å²) in [4.78, 5) is 6.47. The maximum atomic E-state index is 5.46.